The molecule has 0 radical (unpaired) electrons. The summed E-state index contributed by atoms with van der Waals surface area (Å²) < 4.78 is 0. The van der Waals surface area contributed by atoms with Crippen molar-refractivity contribution in [2.24, 2.45) is 11.8 Å². The van der Waals surface area contributed by atoms with Gasteiger partial charge < -0.3 is 4.90 Å². The maximum absolute atomic E-state index is 11.7. The molecule has 1 fully saturated rings. The van der Waals surface area contributed by atoms with Crippen LogP contribution >= 0.6 is 0 Å². The zero-order valence-electron chi connectivity index (χ0n) is 10.6. The van der Waals surface area contributed by atoms with Crippen LogP contribution in [0.3, 0.4) is 0 Å². The van der Waals surface area contributed by atoms with E-state index < -0.39 is 0 Å². The Morgan fingerprint density at radius 2 is 2.00 bits per heavy atom. The van der Waals surface area contributed by atoms with Gasteiger partial charge in [-0.1, -0.05) is 34.1 Å². The fourth-order valence-electron chi connectivity index (χ4n) is 2.36. The molecule has 0 bridgehead atoms. The number of nitrogens with zero attached hydrogens (tertiary/aromatic N) is 1. The fourth-order valence-corrected chi connectivity index (χ4v) is 2.36. The number of hydrogen-bond acceptors (Lipinski definition) is 1. The maximum atomic E-state index is 11.7. The van der Waals surface area contributed by atoms with Crippen LogP contribution in [0.4, 0.5) is 0 Å². The Hall–Kier alpha value is -0.530. The number of carbonyl (C=O) groups is 1. The molecule has 1 aliphatic heterocycles. The number of hydrogen-bond donors (Lipinski definition) is 0. The van der Waals surface area contributed by atoms with Crippen LogP contribution < -0.4 is 0 Å². The third-order valence-corrected chi connectivity index (χ3v) is 3.62. The molecule has 0 aromatic heterocycles. The first-order valence-electron chi connectivity index (χ1n) is 6.35. The Bertz CT molecular complexity index is 213. The molecule has 0 aromatic rings. The molecule has 0 spiro atoms. The lowest BCUT2D eigenvalue weighted by Crippen LogP contribution is -2.40. The summed E-state index contributed by atoms with van der Waals surface area (Å²) in [6, 6.07) is 0.468. The first-order valence-corrected chi connectivity index (χ1v) is 6.35. The molecule has 0 aromatic carbocycles. The van der Waals surface area contributed by atoms with E-state index in [0.717, 1.165) is 25.3 Å². The molecular weight excluding hydrogens is 186 g/mol. The van der Waals surface area contributed by atoms with Crippen molar-refractivity contribution in [3.8, 4) is 0 Å². The lowest BCUT2D eigenvalue weighted by Gasteiger charge is -2.33. The predicted molar refractivity (Wildman–Crippen MR) is 63.6 cm³/mol. The van der Waals surface area contributed by atoms with Gasteiger partial charge in [-0.25, -0.2) is 0 Å². The summed E-state index contributed by atoms with van der Waals surface area (Å²) in [6.07, 6.45) is 4.21. The normalized spacial score (nSPS) is 21.1. The van der Waals surface area contributed by atoms with Crippen molar-refractivity contribution in [3.05, 3.63) is 0 Å². The second-order valence-electron chi connectivity index (χ2n) is 5.25. The van der Waals surface area contributed by atoms with E-state index in [1.165, 1.54) is 12.8 Å². The molecule has 1 heterocycles. The summed E-state index contributed by atoms with van der Waals surface area (Å²) >= 11 is 0. The highest BCUT2D eigenvalue weighted by atomic mass is 16.2. The first-order chi connectivity index (χ1) is 7.06. The lowest BCUT2D eigenvalue weighted by molar-refractivity contribution is -0.130. The molecule has 2 heteroatoms. The van der Waals surface area contributed by atoms with Crippen LogP contribution in [-0.4, -0.2) is 23.4 Å². The van der Waals surface area contributed by atoms with Gasteiger partial charge in [-0.3, -0.25) is 4.79 Å². The van der Waals surface area contributed by atoms with Crippen molar-refractivity contribution in [3.63, 3.8) is 0 Å². The van der Waals surface area contributed by atoms with Crippen LogP contribution in [0.1, 0.15) is 53.4 Å². The highest BCUT2D eigenvalue weighted by Gasteiger charge is 2.30. The smallest absolute Gasteiger partial charge is 0.222 e. The zero-order valence-corrected chi connectivity index (χ0v) is 10.6. The van der Waals surface area contributed by atoms with Gasteiger partial charge in [-0.2, -0.15) is 0 Å². The third kappa shape index (κ3) is 3.22. The fraction of sp³-hybridized carbons (Fsp3) is 0.923. The topological polar surface area (TPSA) is 20.3 Å². The van der Waals surface area contributed by atoms with Crippen LogP contribution in [0.25, 0.3) is 0 Å². The molecule has 88 valence electrons. The van der Waals surface area contributed by atoms with Gasteiger partial charge in [0.25, 0.3) is 0 Å². The van der Waals surface area contributed by atoms with E-state index in [-0.39, 0.29) is 0 Å². The highest BCUT2D eigenvalue weighted by molar-refractivity contribution is 5.78. The van der Waals surface area contributed by atoms with Gasteiger partial charge in [0.2, 0.25) is 5.91 Å². The molecule has 1 saturated heterocycles. The minimum atomic E-state index is 0.372. The number of amides is 1. The third-order valence-electron chi connectivity index (χ3n) is 3.62. The molecule has 15 heavy (non-hydrogen) atoms. The number of likely N-dealkylation sites (tertiary alicyclic amines) is 1. The second kappa shape index (κ2) is 5.53. The lowest BCUT2D eigenvalue weighted by atomic mass is 9.91. The van der Waals surface area contributed by atoms with Crippen molar-refractivity contribution >= 4 is 5.91 Å². The van der Waals surface area contributed by atoms with Gasteiger partial charge in [0.15, 0.2) is 0 Å². The molecule has 2 atom stereocenters. The Labute approximate surface area is 94.0 Å². The van der Waals surface area contributed by atoms with Crippen LogP contribution in [0.15, 0.2) is 0 Å². The predicted octanol–water partition coefficient (Wildman–Crippen LogP) is 3.07. The molecule has 0 N–H and O–H groups in total. The SMILES string of the molecule is CCC(C)CC(C(C)C)N1CCCC1=O. The molecule has 1 aliphatic rings. The molecular formula is C13H25NO. The first kappa shape index (κ1) is 12.5. The van der Waals surface area contributed by atoms with Crippen molar-refractivity contribution in [2.45, 2.75) is 59.4 Å². The minimum Gasteiger partial charge on any atom is -0.339 e. The average molecular weight is 211 g/mol. The van der Waals surface area contributed by atoms with E-state index in [4.69, 9.17) is 0 Å². The summed E-state index contributed by atoms with van der Waals surface area (Å²) in [5.41, 5.74) is 0. The summed E-state index contributed by atoms with van der Waals surface area (Å²) in [6.45, 7) is 9.97. The maximum Gasteiger partial charge on any atom is 0.222 e. The summed E-state index contributed by atoms with van der Waals surface area (Å²) in [5, 5.41) is 0. The van der Waals surface area contributed by atoms with Gasteiger partial charge >= 0.3 is 0 Å². The monoisotopic (exact) mass is 211 g/mol. The van der Waals surface area contributed by atoms with E-state index in [0.29, 0.717) is 17.9 Å². The molecule has 2 nitrogen and oxygen atoms in total. The quantitative estimate of drug-likeness (QED) is 0.684. The second-order valence-corrected chi connectivity index (χ2v) is 5.25. The number of rotatable bonds is 5. The highest BCUT2D eigenvalue weighted by Crippen LogP contribution is 2.25. The Morgan fingerprint density at radius 1 is 1.33 bits per heavy atom. The van der Waals surface area contributed by atoms with E-state index in [1.807, 2.05) is 0 Å². The van der Waals surface area contributed by atoms with Crippen LogP contribution in [0.5, 0.6) is 0 Å². The van der Waals surface area contributed by atoms with E-state index >= 15 is 0 Å². The zero-order chi connectivity index (χ0) is 11.4. The Morgan fingerprint density at radius 3 is 2.40 bits per heavy atom. The van der Waals surface area contributed by atoms with Gasteiger partial charge in [0.05, 0.1) is 0 Å². The molecule has 2 unspecified atom stereocenters. The number of carbonyl (C=O) groups excluding carboxylic acids is 1. The molecule has 1 amide bonds. The van der Waals surface area contributed by atoms with Gasteiger partial charge in [0.1, 0.15) is 0 Å². The van der Waals surface area contributed by atoms with Gasteiger partial charge in [-0.15, -0.1) is 0 Å². The van der Waals surface area contributed by atoms with Crippen LogP contribution in [0, 0.1) is 11.8 Å². The molecule has 0 aliphatic carbocycles. The van der Waals surface area contributed by atoms with Crippen molar-refractivity contribution in [1.82, 2.24) is 4.90 Å². The Kier molecular flexibility index (Phi) is 4.62. The summed E-state index contributed by atoms with van der Waals surface area (Å²) in [4.78, 5) is 13.8. The largest absolute Gasteiger partial charge is 0.339 e. The summed E-state index contributed by atoms with van der Waals surface area (Å²) in [5.74, 6) is 1.68. The van der Waals surface area contributed by atoms with Crippen LogP contribution in [-0.2, 0) is 4.79 Å². The molecule has 0 saturated carbocycles. The van der Waals surface area contributed by atoms with Gasteiger partial charge in [-0.05, 0) is 24.7 Å². The van der Waals surface area contributed by atoms with Crippen molar-refractivity contribution in [2.75, 3.05) is 6.54 Å². The van der Waals surface area contributed by atoms with Crippen molar-refractivity contribution < 1.29 is 4.79 Å². The molecule has 1 rings (SSSR count). The van der Waals surface area contributed by atoms with Crippen LogP contribution in [0.2, 0.25) is 0 Å². The van der Waals surface area contributed by atoms with E-state index in [1.54, 1.807) is 0 Å². The summed E-state index contributed by atoms with van der Waals surface area (Å²) in [7, 11) is 0. The Balaban J connectivity index is 2.60. The van der Waals surface area contributed by atoms with Crippen molar-refractivity contribution in [1.29, 1.82) is 0 Å². The van der Waals surface area contributed by atoms with Gasteiger partial charge in [0, 0.05) is 19.0 Å². The van der Waals surface area contributed by atoms with E-state index in [2.05, 4.69) is 32.6 Å². The standard InChI is InChI=1S/C13H25NO/c1-5-11(4)9-12(10(2)3)14-8-6-7-13(14)15/h10-12H,5-9H2,1-4H3. The van der Waals surface area contributed by atoms with E-state index in [9.17, 15) is 4.79 Å². The minimum absolute atomic E-state index is 0.372. The average Bonchev–Trinajstić information content (AvgIpc) is 2.60.